The molecule has 1 aliphatic rings. The Balaban J connectivity index is 1.60. The van der Waals surface area contributed by atoms with Crippen LogP contribution in [0.5, 0.6) is 11.5 Å². The molecule has 1 aliphatic heterocycles. The van der Waals surface area contributed by atoms with Gasteiger partial charge in [0, 0.05) is 22.9 Å². The number of aryl methyl sites for hydroxylation is 1. The summed E-state index contributed by atoms with van der Waals surface area (Å²) in [6.45, 7) is 6.43. The number of carbonyl (C=O) groups is 2. The maximum absolute atomic E-state index is 13.9. The summed E-state index contributed by atoms with van der Waals surface area (Å²) in [4.78, 5) is 28.3. The van der Waals surface area contributed by atoms with Gasteiger partial charge in [-0.25, -0.2) is 4.68 Å². The summed E-state index contributed by atoms with van der Waals surface area (Å²) in [5, 5.41) is 14.9. The summed E-state index contributed by atoms with van der Waals surface area (Å²) >= 11 is 0. The number of aromatic nitrogens is 2. The van der Waals surface area contributed by atoms with Crippen molar-refractivity contribution in [3.05, 3.63) is 112 Å². The van der Waals surface area contributed by atoms with Crippen molar-refractivity contribution in [2.45, 2.75) is 40.2 Å². The second kappa shape index (κ2) is 13.3. The van der Waals surface area contributed by atoms with Gasteiger partial charge in [-0.2, -0.15) is 10.4 Å². The van der Waals surface area contributed by atoms with Gasteiger partial charge in [0.25, 0.3) is 11.8 Å². The zero-order chi connectivity index (χ0) is 31.2. The number of methoxy groups -OCH3 is 1. The van der Waals surface area contributed by atoms with Gasteiger partial charge in [-0.05, 0) is 85.5 Å². The number of nitrogens with zero attached hydrogens (tertiary/aromatic N) is 4. The molecule has 2 heterocycles. The van der Waals surface area contributed by atoms with E-state index in [4.69, 9.17) is 14.6 Å². The molecule has 0 fully saturated rings. The molecule has 0 aliphatic carbocycles. The van der Waals surface area contributed by atoms with E-state index in [1.807, 2.05) is 67.7 Å². The van der Waals surface area contributed by atoms with Crippen molar-refractivity contribution in [1.82, 2.24) is 14.7 Å². The predicted octanol–water partition coefficient (Wildman–Crippen LogP) is 6.83. The summed E-state index contributed by atoms with van der Waals surface area (Å²) in [6, 6.07) is 24.7. The second-order valence-corrected chi connectivity index (χ2v) is 10.6. The highest BCUT2D eigenvalue weighted by Gasteiger charge is 2.36. The van der Waals surface area contributed by atoms with Crippen LogP contribution >= 0.6 is 0 Å². The van der Waals surface area contributed by atoms with Gasteiger partial charge in [0.2, 0.25) is 0 Å². The van der Waals surface area contributed by atoms with Crippen LogP contribution in [-0.2, 0) is 16.1 Å². The molecule has 0 spiro atoms. The minimum absolute atomic E-state index is 0.0200. The highest BCUT2D eigenvalue weighted by atomic mass is 16.5. The van der Waals surface area contributed by atoms with E-state index >= 15 is 0 Å². The monoisotopic (exact) mass is 586 g/mol. The van der Waals surface area contributed by atoms with Crippen LogP contribution < -0.4 is 9.47 Å². The molecule has 2 amide bonds. The molecule has 0 saturated carbocycles. The molecule has 44 heavy (non-hydrogen) atoms. The second-order valence-electron chi connectivity index (χ2n) is 10.6. The van der Waals surface area contributed by atoms with E-state index in [-0.39, 0.29) is 17.7 Å². The Kier molecular flexibility index (Phi) is 9.06. The number of nitriles is 1. The molecular weight excluding hydrogens is 552 g/mol. The number of benzene rings is 3. The number of carbonyl (C=O) groups excluding carboxylic acids is 2. The van der Waals surface area contributed by atoms with E-state index < -0.39 is 11.8 Å². The van der Waals surface area contributed by atoms with Crippen LogP contribution in [-0.4, -0.2) is 40.2 Å². The quantitative estimate of drug-likeness (QED) is 0.115. The maximum Gasteiger partial charge on any atom is 0.271 e. The van der Waals surface area contributed by atoms with Gasteiger partial charge in [0.15, 0.2) is 0 Å². The van der Waals surface area contributed by atoms with Crippen LogP contribution in [0.1, 0.15) is 43.4 Å². The van der Waals surface area contributed by atoms with E-state index in [9.17, 15) is 14.9 Å². The summed E-state index contributed by atoms with van der Waals surface area (Å²) < 4.78 is 12.9. The van der Waals surface area contributed by atoms with Crippen LogP contribution in [0.25, 0.3) is 23.0 Å². The Hall–Kier alpha value is -5.42. The minimum Gasteiger partial charge on any atom is -0.497 e. The molecule has 1 aromatic heterocycles. The molecular formula is C36H34N4O4. The van der Waals surface area contributed by atoms with Crippen LogP contribution in [0, 0.1) is 18.3 Å². The average Bonchev–Trinajstić information content (AvgIpc) is 3.46. The fraction of sp³-hybridized carbons (Fsp3) is 0.222. The fourth-order valence-electron chi connectivity index (χ4n) is 5.08. The molecule has 0 unspecified atom stereocenters. The number of imide groups is 1. The Morgan fingerprint density at radius 1 is 0.955 bits per heavy atom. The topological polar surface area (TPSA) is 97.4 Å². The highest BCUT2D eigenvalue weighted by Crippen LogP contribution is 2.34. The van der Waals surface area contributed by atoms with Crippen molar-refractivity contribution in [3.63, 3.8) is 0 Å². The number of hydrogen-bond acceptors (Lipinski definition) is 6. The molecule has 0 saturated heterocycles. The van der Waals surface area contributed by atoms with Crippen LogP contribution in [0.3, 0.4) is 0 Å². The number of ether oxygens (including phenoxy) is 2. The third-order valence-electron chi connectivity index (χ3n) is 7.61. The Morgan fingerprint density at radius 3 is 2.34 bits per heavy atom. The summed E-state index contributed by atoms with van der Waals surface area (Å²) in [5.74, 6) is 0.363. The van der Waals surface area contributed by atoms with Gasteiger partial charge < -0.3 is 9.47 Å². The zero-order valence-corrected chi connectivity index (χ0v) is 25.3. The molecule has 8 nitrogen and oxygen atoms in total. The van der Waals surface area contributed by atoms with Crippen molar-refractivity contribution >= 4 is 17.9 Å². The zero-order valence-electron chi connectivity index (χ0n) is 25.3. The first kappa shape index (κ1) is 30.1. The third-order valence-corrected chi connectivity index (χ3v) is 7.61. The lowest BCUT2D eigenvalue weighted by Crippen LogP contribution is -2.42. The highest BCUT2D eigenvalue weighted by molar-refractivity contribution is 6.19. The summed E-state index contributed by atoms with van der Waals surface area (Å²) in [6.07, 6.45) is 5.62. The smallest absolute Gasteiger partial charge is 0.271 e. The lowest BCUT2D eigenvalue weighted by Gasteiger charge is -2.27. The molecule has 5 rings (SSSR count). The van der Waals surface area contributed by atoms with Crippen LogP contribution in [0.2, 0.25) is 0 Å². The first-order valence-electron chi connectivity index (χ1n) is 14.6. The third kappa shape index (κ3) is 6.18. The molecule has 0 N–H and O–H groups in total. The fourth-order valence-corrected chi connectivity index (χ4v) is 5.08. The van der Waals surface area contributed by atoms with Crippen molar-refractivity contribution < 1.29 is 19.1 Å². The molecule has 4 aromatic rings. The molecule has 8 heteroatoms. The van der Waals surface area contributed by atoms with Crippen molar-refractivity contribution in [2.24, 2.45) is 0 Å². The van der Waals surface area contributed by atoms with E-state index in [2.05, 4.69) is 6.92 Å². The first-order valence-corrected chi connectivity index (χ1v) is 14.6. The number of hydrogen-bond donors (Lipinski definition) is 0. The van der Waals surface area contributed by atoms with E-state index in [1.54, 1.807) is 49.1 Å². The normalized spacial score (nSPS) is 14.2. The summed E-state index contributed by atoms with van der Waals surface area (Å²) in [5.41, 5.74) is 5.31. The van der Waals surface area contributed by atoms with Gasteiger partial charge in [0.05, 0.1) is 25.9 Å². The van der Waals surface area contributed by atoms with E-state index in [1.165, 1.54) is 0 Å². The lowest BCUT2D eigenvalue weighted by molar-refractivity contribution is -0.141. The van der Waals surface area contributed by atoms with Gasteiger partial charge in [-0.3, -0.25) is 14.5 Å². The van der Waals surface area contributed by atoms with Crippen molar-refractivity contribution in [3.8, 4) is 34.5 Å². The number of unbranched alkanes of at least 4 members (excludes halogenated alkanes) is 1. The van der Waals surface area contributed by atoms with Crippen LogP contribution in [0.15, 0.2) is 95.7 Å². The van der Waals surface area contributed by atoms with E-state index in [0.717, 1.165) is 45.9 Å². The molecule has 3 aromatic carbocycles. The predicted molar refractivity (Wildman–Crippen MR) is 169 cm³/mol. The first-order chi connectivity index (χ1) is 21.3. The lowest BCUT2D eigenvalue weighted by atomic mass is 9.92. The summed E-state index contributed by atoms with van der Waals surface area (Å²) in [7, 11) is 1.57. The standard InChI is InChI=1S/C36H34N4O4/c1-5-6-18-44-30-16-17-31(24(2)19-30)34-27(23-40(38-34)28-10-8-7-9-11-28)20-32-25(3)33(21-37)36(42)39(35(32)41)22-26-12-14-29(43-4)15-13-26/h7-17,19-20,23H,5-6,18,22H2,1-4H3/b32-20+. The molecule has 0 atom stereocenters. The Bertz CT molecular complexity index is 1790. The van der Waals surface area contributed by atoms with Crippen molar-refractivity contribution in [1.29, 1.82) is 5.26 Å². The van der Waals surface area contributed by atoms with Gasteiger partial charge >= 0.3 is 0 Å². The van der Waals surface area contributed by atoms with E-state index in [0.29, 0.717) is 29.2 Å². The van der Waals surface area contributed by atoms with Gasteiger partial charge in [0.1, 0.15) is 28.8 Å². The maximum atomic E-state index is 13.9. The Labute approximate surface area is 257 Å². The van der Waals surface area contributed by atoms with Gasteiger partial charge in [-0.1, -0.05) is 43.7 Å². The molecule has 222 valence electrons. The number of rotatable bonds is 10. The van der Waals surface area contributed by atoms with Gasteiger partial charge in [-0.15, -0.1) is 0 Å². The minimum atomic E-state index is -0.613. The van der Waals surface area contributed by atoms with Crippen LogP contribution in [0.4, 0.5) is 0 Å². The SMILES string of the molecule is CCCCOc1ccc(-c2nn(-c3ccccc3)cc2/C=C2/C(=O)N(Cc3ccc(OC)cc3)C(=O)C(C#N)=C2C)c(C)c1. The average molecular weight is 587 g/mol. The molecule has 0 bridgehead atoms. The Morgan fingerprint density at radius 2 is 1.68 bits per heavy atom. The largest absolute Gasteiger partial charge is 0.497 e. The van der Waals surface area contributed by atoms with Crippen molar-refractivity contribution in [2.75, 3.05) is 13.7 Å². The number of amides is 2. The molecule has 0 radical (unpaired) electrons. The number of para-hydroxylation sites is 1.